The third-order valence-electron chi connectivity index (χ3n) is 1.73. The molecule has 1 saturated carbocycles. The summed E-state index contributed by atoms with van der Waals surface area (Å²) < 4.78 is 21.2. The molecule has 0 aliphatic heterocycles. The molecule has 1 heterocycles. The molecule has 0 aromatic carbocycles. The standard InChI is InChI=1S/C6H8N2O2S/c9-11(10)6-7-3-4-8(6)5-1-2-5/h3-5H,1-2H2,(H,9,10). The van der Waals surface area contributed by atoms with Crippen LogP contribution in [0.4, 0.5) is 0 Å². The number of nitrogens with zero attached hydrogens (tertiary/aromatic N) is 2. The van der Waals surface area contributed by atoms with E-state index in [4.69, 9.17) is 4.55 Å². The lowest BCUT2D eigenvalue weighted by Gasteiger charge is -1.99. The zero-order chi connectivity index (χ0) is 7.84. The smallest absolute Gasteiger partial charge is 0.227 e. The molecule has 1 aliphatic carbocycles. The first-order chi connectivity index (χ1) is 5.29. The number of hydrogen-bond donors (Lipinski definition) is 1. The van der Waals surface area contributed by atoms with Gasteiger partial charge in [-0.1, -0.05) is 0 Å². The van der Waals surface area contributed by atoms with Crippen LogP contribution in [0.15, 0.2) is 17.6 Å². The monoisotopic (exact) mass is 172 g/mol. The molecule has 1 unspecified atom stereocenters. The Morgan fingerprint density at radius 3 is 3.00 bits per heavy atom. The molecule has 5 heteroatoms. The van der Waals surface area contributed by atoms with Gasteiger partial charge >= 0.3 is 0 Å². The van der Waals surface area contributed by atoms with Crippen LogP contribution in [0.25, 0.3) is 0 Å². The second-order valence-corrected chi connectivity index (χ2v) is 3.46. The van der Waals surface area contributed by atoms with Crippen molar-refractivity contribution in [3.8, 4) is 0 Å². The fourth-order valence-corrected chi connectivity index (χ4v) is 1.61. The molecule has 4 nitrogen and oxygen atoms in total. The zero-order valence-corrected chi connectivity index (χ0v) is 6.62. The zero-order valence-electron chi connectivity index (χ0n) is 5.80. The largest absolute Gasteiger partial charge is 0.319 e. The van der Waals surface area contributed by atoms with Crippen molar-refractivity contribution in [2.45, 2.75) is 24.0 Å². The summed E-state index contributed by atoms with van der Waals surface area (Å²) in [5, 5.41) is 0.271. The first kappa shape index (κ1) is 7.00. The normalized spacial score (nSPS) is 20.1. The van der Waals surface area contributed by atoms with Crippen LogP contribution in [0.3, 0.4) is 0 Å². The number of imidazole rings is 1. The molecular formula is C6H8N2O2S. The summed E-state index contributed by atoms with van der Waals surface area (Å²) in [6.07, 6.45) is 5.50. The van der Waals surface area contributed by atoms with Crippen molar-refractivity contribution in [1.29, 1.82) is 0 Å². The predicted octanol–water partition coefficient (Wildman–Crippen LogP) is 0.799. The van der Waals surface area contributed by atoms with E-state index < -0.39 is 11.1 Å². The Morgan fingerprint density at radius 2 is 2.45 bits per heavy atom. The van der Waals surface area contributed by atoms with Gasteiger partial charge in [0.2, 0.25) is 16.2 Å². The van der Waals surface area contributed by atoms with E-state index in [1.807, 2.05) is 0 Å². The average Bonchev–Trinajstić information content (AvgIpc) is 2.68. The highest BCUT2D eigenvalue weighted by Crippen LogP contribution is 2.35. The minimum absolute atomic E-state index is 0.271. The highest BCUT2D eigenvalue weighted by atomic mass is 32.2. The molecule has 2 rings (SSSR count). The lowest BCUT2D eigenvalue weighted by atomic mass is 10.7. The van der Waals surface area contributed by atoms with Crippen LogP contribution < -0.4 is 0 Å². The van der Waals surface area contributed by atoms with E-state index in [0.29, 0.717) is 6.04 Å². The second-order valence-electron chi connectivity index (χ2n) is 2.60. The van der Waals surface area contributed by atoms with Crippen molar-refractivity contribution in [1.82, 2.24) is 9.55 Å². The summed E-state index contributed by atoms with van der Waals surface area (Å²) in [5.74, 6) is 0. The number of rotatable bonds is 2. The van der Waals surface area contributed by atoms with Crippen LogP contribution in [0.5, 0.6) is 0 Å². The summed E-state index contributed by atoms with van der Waals surface area (Å²) >= 11 is -1.94. The van der Waals surface area contributed by atoms with Crippen LogP contribution in [-0.4, -0.2) is 18.3 Å². The Bertz CT molecular complexity index is 293. The van der Waals surface area contributed by atoms with Crippen molar-refractivity contribution < 1.29 is 8.76 Å². The topological polar surface area (TPSA) is 55.1 Å². The van der Waals surface area contributed by atoms with E-state index in [-0.39, 0.29) is 5.16 Å². The van der Waals surface area contributed by atoms with Gasteiger partial charge in [0.1, 0.15) is 0 Å². The highest BCUT2D eigenvalue weighted by molar-refractivity contribution is 7.79. The van der Waals surface area contributed by atoms with Gasteiger partial charge in [-0.3, -0.25) is 4.55 Å². The van der Waals surface area contributed by atoms with Crippen LogP contribution in [0.1, 0.15) is 18.9 Å². The van der Waals surface area contributed by atoms with Gasteiger partial charge in [-0.2, -0.15) is 0 Å². The van der Waals surface area contributed by atoms with Gasteiger partial charge in [0.05, 0.1) is 0 Å². The predicted molar refractivity (Wildman–Crippen MR) is 39.5 cm³/mol. The van der Waals surface area contributed by atoms with Crippen LogP contribution in [0, 0.1) is 0 Å². The Hall–Kier alpha value is -0.680. The molecular weight excluding hydrogens is 164 g/mol. The first-order valence-electron chi connectivity index (χ1n) is 3.43. The van der Waals surface area contributed by atoms with E-state index >= 15 is 0 Å². The van der Waals surface area contributed by atoms with E-state index in [1.54, 1.807) is 17.0 Å². The summed E-state index contributed by atoms with van der Waals surface area (Å²) in [6.45, 7) is 0. The molecule has 0 bridgehead atoms. The summed E-state index contributed by atoms with van der Waals surface area (Å²) in [7, 11) is 0. The number of aromatic nitrogens is 2. The van der Waals surface area contributed by atoms with E-state index in [2.05, 4.69) is 4.98 Å². The van der Waals surface area contributed by atoms with E-state index in [9.17, 15) is 4.21 Å². The fourth-order valence-electron chi connectivity index (χ4n) is 1.07. The maximum atomic E-state index is 10.6. The third kappa shape index (κ3) is 1.21. The minimum atomic E-state index is -1.94. The van der Waals surface area contributed by atoms with Crippen LogP contribution in [-0.2, 0) is 11.1 Å². The summed E-state index contributed by atoms with van der Waals surface area (Å²) in [6, 6.07) is 0.420. The third-order valence-corrected chi connectivity index (χ3v) is 2.36. The molecule has 1 N–H and O–H groups in total. The Balaban J connectivity index is 2.37. The van der Waals surface area contributed by atoms with Gasteiger partial charge < -0.3 is 4.57 Å². The first-order valence-corrected chi connectivity index (χ1v) is 4.53. The lowest BCUT2D eigenvalue weighted by Crippen LogP contribution is -2.01. The molecule has 11 heavy (non-hydrogen) atoms. The average molecular weight is 172 g/mol. The Labute approximate surface area is 66.5 Å². The van der Waals surface area contributed by atoms with Gasteiger partial charge in [-0.05, 0) is 12.8 Å². The molecule has 60 valence electrons. The summed E-state index contributed by atoms with van der Waals surface area (Å²) in [5.41, 5.74) is 0. The van der Waals surface area contributed by atoms with Crippen LogP contribution >= 0.6 is 0 Å². The molecule has 0 saturated heterocycles. The maximum absolute atomic E-state index is 10.6. The van der Waals surface area contributed by atoms with Gasteiger partial charge in [-0.25, -0.2) is 9.19 Å². The SMILES string of the molecule is O=S(O)c1nccn1C1CC1. The molecule has 1 aromatic heterocycles. The Morgan fingerprint density at radius 1 is 1.73 bits per heavy atom. The van der Waals surface area contributed by atoms with Crippen molar-refractivity contribution in [2.24, 2.45) is 0 Å². The second kappa shape index (κ2) is 2.42. The molecule has 1 aromatic rings. The van der Waals surface area contributed by atoms with E-state index in [0.717, 1.165) is 12.8 Å². The van der Waals surface area contributed by atoms with Gasteiger partial charge in [0, 0.05) is 18.4 Å². The minimum Gasteiger partial charge on any atom is -0.319 e. The van der Waals surface area contributed by atoms with Crippen molar-refractivity contribution in [2.75, 3.05) is 0 Å². The number of hydrogen-bond acceptors (Lipinski definition) is 2. The van der Waals surface area contributed by atoms with Crippen molar-refractivity contribution in [3.05, 3.63) is 12.4 Å². The van der Waals surface area contributed by atoms with Crippen molar-refractivity contribution >= 4 is 11.1 Å². The van der Waals surface area contributed by atoms with E-state index in [1.165, 1.54) is 0 Å². The maximum Gasteiger partial charge on any atom is 0.227 e. The van der Waals surface area contributed by atoms with Gasteiger partial charge in [0.15, 0.2) is 0 Å². The van der Waals surface area contributed by atoms with Gasteiger partial charge in [-0.15, -0.1) is 0 Å². The molecule has 1 atom stereocenters. The summed E-state index contributed by atoms with van der Waals surface area (Å²) in [4.78, 5) is 3.79. The quantitative estimate of drug-likeness (QED) is 0.671. The lowest BCUT2D eigenvalue weighted by molar-refractivity contribution is 0.537. The fraction of sp³-hybridized carbons (Fsp3) is 0.500. The van der Waals surface area contributed by atoms with Crippen LogP contribution in [0.2, 0.25) is 0 Å². The molecule has 0 spiro atoms. The van der Waals surface area contributed by atoms with Crippen molar-refractivity contribution in [3.63, 3.8) is 0 Å². The molecule has 0 radical (unpaired) electrons. The molecule has 1 aliphatic rings. The Kier molecular flexibility index (Phi) is 1.54. The molecule has 0 amide bonds. The van der Waals surface area contributed by atoms with Gasteiger partial charge in [0.25, 0.3) is 0 Å². The highest BCUT2D eigenvalue weighted by Gasteiger charge is 2.26. The molecule has 1 fully saturated rings.